The molecule has 292 valence electrons. The number of fused-ring (bicyclic) bond motifs is 13. The standard InChI is InChI=1S/C56H51NOS/c1-53(2,3)32-28-40-39-26-27-43-50(52(39)58-51(40)45(29-32)54(4,5)6)49-42(56(43,9)10)19-15-20-46(49)57(34-23-25-38-37-17-12-14-21-47(37)59-48(38)31-34)33-22-24-36-35-16-11-13-18-41(35)55(7,8)44(36)30-33/h11-31H,1-10H3. The van der Waals surface area contributed by atoms with Crippen molar-refractivity contribution in [3.8, 4) is 22.3 Å². The first-order valence-electron chi connectivity index (χ1n) is 21.2. The topological polar surface area (TPSA) is 16.4 Å². The van der Waals surface area contributed by atoms with E-state index in [-0.39, 0.29) is 21.7 Å². The van der Waals surface area contributed by atoms with Gasteiger partial charge in [0, 0.05) is 69.8 Å². The molecule has 0 aliphatic heterocycles. The Hall–Kier alpha value is -5.64. The quantitative estimate of drug-likeness (QED) is 0.177. The molecule has 2 heterocycles. The molecule has 11 rings (SSSR count). The summed E-state index contributed by atoms with van der Waals surface area (Å²) in [5.41, 5.74) is 18.1. The van der Waals surface area contributed by atoms with E-state index < -0.39 is 0 Å². The number of thiophene rings is 1. The van der Waals surface area contributed by atoms with Crippen LogP contribution in [0.4, 0.5) is 17.1 Å². The van der Waals surface area contributed by atoms with Crippen molar-refractivity contribution in [2.75, 3.05) is 4.90 Å². The fraction of sp³-hybridized carbons (Fsp3) is 0.250. The SMILES string of the molecule is CC(C)(C)c1cc(C(C)(C)C)c2oc3c4c(ccc3c2c1)C(C)(C)c1cccc(N(c2ccc3c(c2)C(C)(C)c2ccccc2-3)c2ccc3c(c2)sc2ccccc23)c1-4. The molecule has 59 heavy (non-hydrogen) atoms. The number of nitrogens with zero attached hydrogens (tertiary/aromatic N) is 1. The summed E-state index contributed by atoms with van der Waals surface area (Å²) in [6.07, 6.45) is 0. The van der Waals surface area contributed by atoms with E-state index in [9.17, 15) is 0 Å². The molecule has 3 heteroatoms. The minimum atomic E-state index is -0.236. The zero-order chi connectivity index (χ0) is 41.0. The minimum absolute atomic E-state index is 0.00190. The zero-order valence-electron chi connectivity index (χ0n) is 35.9. The molecule has 7 aromatic carbocycles. The maximum atomic E-state index is 7.32. The van der Waals surface area contributed by atoms with Crippen molar-refractivity contribution in [2.45, 2.75) is 90.9 Å². The minimum Gasteiger partial charge on any atom is -0.455 e. The Kier molecular flexibility index (Phi) is 7.40. The van der Waals surface area contributed by atoms with Gasteiger partial charge in [0.05, 0.1) is 5.69 Å². The van der Waals surface area contributed by atoms with E-state index in [0.29, 0.717) is 0 Å². The molecule has 0 fully saturated rings. The van der Waals surface area contributed by atoms with E-state index in [2.05, 4.69) is 202 Å². The third-order valence-electron chi connectivity index (χ3n) is 13.7. The van der Waals surface area contributed by atoms with Crippen molar-refractivity contribution in [2.24, 2.45) is 0 Å². The molecule has 2 nitrogen and oxygen atoms in total. The smallest absolute Gasteiger partial charge is 0.143 e. The van der Waals surface area contributed by atoms with Gasteiger partial charge in [0.2, 0.25) is 0 Å². The maximum absolute atomic E-state index is 7.32. The van der Waals surface area contributed by atoms with Crippen LogP contribution in [0.15, 0.2) is 132 Å². The summed E-state index contributed by atoms with van der Waals surface area (Å²) in [5.74, 6) is 0. The summed E-state index contributed by atoms with van der Waals surface area (Å²) in [5, 5.41) is 5.01. The van der Waals surface area contributed by atoms with Gasteiger partial charge in [-0.25, -0.2) is 0 Å². The van der Waals surface area contributed by atoms with Gasteiger partial charge in [-0.15, -0.1) is 11.3 Å². The lowest BCUT2D eigenvalue weighted by Gasteiger charge is -2.30. The number of rotatable bonds is 3. The van der Waals surface area contributed by atoms with Crippen LogP contribution >= 0.6 is 11.3 Å². The van der Waals surface area contributed by atoms with Gasteiger partial charge in [0.15, 0.2) is 0 Å². The number of anilines is 3. The molecule has 9 aromatic rings. The van der Waals surface area contributed by atoms with Crippen molar-refractivity contribution in [3.63, 3.8) is 0 Å². The molecule has 2 aliphatic carbocycles. The van der Waals surface area contributed by atoms with Crippen LogP contribution < -0.4 is 4.90 Å². The van der Waals surface area contributed by atoms with E-state index in [0.717, 1.165) is 22.5 Å². The van der Waals surface area contributed by atoms with Crippen LogP contribution in [0.2, 0.25) is 0 Å². The molecule has 2 aliphatic rings. The average Bonchev–Trinajstić information content (AvgIpc) is 3.89. The van der Waals surface area contributed by atoms with E-state index in [1.807, 2.05) is 11.3 Å². The second kappa shape index (κ2) is 12.0. The Labute approximate surface area is 352 Å². The Bertz CT molecular complexity index is 3240. The number of hydrogen-bond acceptors (Lipinski definition) is 3. The highest BCUT2D eigenvalue weighted by atomic mass is 32.1. The first-order valence-corrected chi connectivity index (χ1v) is 22.0. The molecular formula is C56H51NOS. The third kappa shape index (κ3) is 5.10. The number of furan rings is 1. The number of hydrogen-bond donors (Lipinski definition) is 0. The van der Waals surface area contributed by atoms with Crippen molar-refractivity contribution in [3.05, 3.63) is 161 Å². The van der Waals surface area contributed by atoms with Crippen LogP contribution in [0.1, 0.15) is 103 Å². The maximum Gasteiger partial charge on any atom is 0.143 e. The predicted octanol–water partition coefficient (Wildman–Crippen LogP) is 16.6. The van der Waals surface area contributed by atoms with Gasteiger partial charge in [0.25, 0.3) is 0 Å². The largest absolute Gasteiger partial charge is 0.455 e. The van der Waals surface area contributed by atoms with Gasteiger partial charge in [-0.1, -0.05) is 154 Å². The monoisotopic (exact) mass is 785 g/mol. The van der Waals surface area contributed by atoms with Gasteiger partial charge in [-0.2, -0.15) is 0 Å². The van der Waals surface area contributed by atoms with Gasteiger partial charge >= 0.3 is 0 Å². The molecule has 0 atom stereocenters. The van der Waals surface area contributed by atoms with Gasteiger partial charge in [-0.05, 0) is 92.2 Å². The third-order valence-corrected chi connectivity index (χ3v) is 14.9. The van der Waals surface area contributed by atoms with Gasteiger partial charge in [-0.3, -0.25) is 0 Å². The zero-order valence-corrected chi connectivity index (χ0v) is 36.7. The highest BCUT2D eigenvalue weighted by Gasteiger charge is 2.41. The lowest BCUT2D eigenvalue weighted by Crippen LogP contribution is -2.17. The van der Waals surface area contributed by atoms with Crippen molar-refractivity contribution in [1.82, 2.24) is 0 Å². The first-order chi connectivity index (χ1) is 28.0. The second-order valence-electron chi connectivity index (χ2n) is 20.2. The molecule has 0 saturated carbocycles. The van der Waals surface area contributed by atoms with Crippen LogP contribution in [-0.4, -0.2) is 0 Å². The summed E-state index contributed by atoms with van der Waals surface area (Å²) in [4.78, 5) is 2.53. The Morgan fingerprint density at radius 2 is 1.12 bits per heavy atom. The Balaban J connectivity index is 1.21. The molecule has 0 bridgehead atoms. The van der Waals surface area contributed by atoms with E-state index in [4.69, 9.17) is 4.42 Å². The van der Waals surface area contributed by atoms with Crippen LogP contribution in [0.3, 0.4) is 0 Å². The molecule has 0 spiro atoms. The normalized spacial score (nSPS) is 15.2. The number of benzene rings is 7. The molecule has 2 aromatic heterocycles. The molecule has 0 saturated heterocycles. The van der Waals surface area contributed by atoms with E-state index in [1.165, 1.54) is 92.3 Å². The van der Waals surface area contributed by atoms with Crippen molar-refractivity contribution < 1.29 is 4.42 Å². The summed E-state index contributed by atoms with van der Waals surface area (Å²) >= 11 is 1.88. The van der Waals surface area contributed by atoms with Crippen LogP contribution in [0.25, 0.3) is 64.4 Å². The van der Waals surface area contributed by atoms with Crippen LogP contribution in [0.5, 0.6) is 0 Å². The summed E-state index contributed by atoms with van der Waals surface area (Å²) in [6.45, 7) is 23.4. The highest BCUT2D eigenvalue weighted by Crippen LogP contribution is 2.58. The fourth-order valence-corrected chi connectivity index (χ4v) is 11.6. The van der Waals surface area contributed by atoms with E-state index >= 15 is 0 Å². The highest BCUT2D eigenvalue weighted by molar-refractivity contribution is 7.25. The average molecular weight is 786 g/mol. The second-order valence-corrected chi connectivity index (χ2v) is 21.3. The lowest BCUT2D eigenvalue weighted by molar-refractivity contribution is 0.559. The van der Waals surface area contributed by atoms with Crippen molar-refractivity contribution >= 4 is 70.5 Å². The van der Waals surface area contributed by atoms with E-state index in [1.54, 1.807) is 0 Å². The molecular weight excluding hydrogens is 735 g/mol. The Morgan fingerprint density at radius 1 is 0.475 bits per heavy atom. The summed E-state index contributed by atoms with van der Waals surface area (Å²) < 4.78 is 9.92. The van der Waals surface area contributed by atoms with Gasteiger partial charge in [0.1, 0.15) is 11.2 Å². The fourth-order valence-electron chi connectivity index (χ4n) is 10.5. The molecule has 0 amide bonds. The molecule has 0 radical (unpaired) electrons. The van der Waals surface area contributed by atoms with Crippen LogP contribution in [0, 0.1) is 0 Å². The first kappa shape index (κ1) is 36.4. The lowest BCUT2D eigenvalue weighted by atomic mass is 9.79. The summed E-state index contributed by atoms with van der Waals surface area (Å²) in [6, 6.07) is 48.5. The molecule has 0 unspecified atom stereocenters. The molecule has 0 N–H and O–H groups in total. The summed E-state index contributed by atoms with van der Waals surface area (Å²) in [7, 11) is 0. The van der Waals surface area contributed by atoms with Gasteiger partial charge < -0.3 is 9.32 Å². The predicted molar refractivity (Wildman–Crippen MR) is 254 cm³/mol. The van der Waals surface area contributed by atoms with Crippen LogP contribution in [-0.2, 0) is 21.7 Å². The van der Waals surface area contributed by atoms with Crippen molar-refractivity contribution in [1.29, 1.82) is 0 Å². The Morgan fingerprint density at radius 3 is 1.92 bits per heavy atom.